The van der Waals surface area contributed by atoms with Gasteiger partial charge < -0.3 is 20.6 Å². The van der Waals surface area contributed by atoms with Crippen molar-refractivity contribution < 1.29 is 15.3 Å². The van der Waals surface area contributed by atoms with E-state index in [0.717, 1.165) is 16.5 Å². The number of pyridine rings is 1. The summed E-state index contributed by atoms with van der Waals surface area (Å²) >= 11 is 6.12. The molecule has 0 radical (unpaired) electrons. The number of aliphatic hydroxyl groups is 3. The summed E-state index contributed by atoms with van der Waals surface area (Å²) < 4.78 is 0. The smallest absolute Gasteiger partial charge is 0.0884 e. The van der Waals surface area contributed by atoms with Crippen molar-refractivity contribution in [3.63, 3.8) is 0 Å². The molecule has 4 N–H and O–H groups in total. The molecule has 0 spiro atoms. The summed E-state index contributed by atoms with van der Waals surface area (Å²) in [4.78, 5) is 4.31. The molecule has 2 rings (SSSR count). The number of aliphatic hydroxyl groups excluding tert-OH is 3. The number of nitrogens with zero attached hydrogens (tertiary/aromatic N) is 1. The standard InChI is InChI=1S/C14H17ClN2O3/c15-12-4-3-10(13-11(12)2-1-5-16-13)6-17-14(7-18,8-19)9-20/h1-5,17-20H,6-9H2. The minimum absolute atomic E-state index is 0.354. The van der Waals surface area contributed by atoms with Crippen molar-refractivity contribution >= 4 is 22.5 Å². The molecule has 0 saturated carbocycles. The summed E-state index contributed by atoms with van der Waals surface area (Å²) in [5.41, 5.74) is 0.528. The fourth-order valence-corrected chi connectivity index (χ4v) is 2.15. The summed E-state index contributed by atoms with van der Waals surface area (Å²) in [6, 6.07) is 7.30. The molecule has 0 bridgehead atoms. The molecule has 5 nitrogen and oxygen atoms in total. The average Bonchev–Trinajstić information content (AvgIpc) is 2.51. The Morgan fingerprint density at radius 3 is 2.45 bits per heavy atom. The van der Waals surface area contributed by atoms with Crippen LogP contribution in [-0.4, -0.2) is 45.7 Å². The van der Waals surface area contributed by atoms with Crippen molar-refractivity contribution in [3.8, 4) is 0 Å². The number of benzene rings is 1. The van der Waals surface area contributed by atoms with Gasteiger partial charge in [-0.1, -0.05) is 17.7 Å². The molecule has 20 heavy (non-hydrogen) atoms. The highest BCUT2D eigenvalue weighted by Crippen LogP contribution is 2.24. The van der Waals surface area contributed by atoms with Crippen LogP contribution in [0.1, 0.15) is 5.56 Å². The summed E-state index contributed by atoms with van der Waals surface area (Å²) in [6.07, 6.45) is 1.68. The summed E-state index contributed by atoms with van der Waals surface area (Å²) in [6.45, 7) is -0.733. The van der Waals surface area contributed by atoms with Gasteiger partial charge in [-0.2, -0.15) is 0 Å². The van der Waals surface area contributed by atoms with E-state index < -0.39 is 5.54 Å². The first-order valence-corrected chi connectivity index (χ1v) is 6.63. The van der Waals surface area contributed by atoms with E-state index in [0.29, 0.717) is 11.6 Å². The molecule has 0 atom stereocenters. The minimum atomic E-state index is -1.11. The van der Waals surface area contributed by atoms with E-state index in [2.05, 4.69) is 10.3 Å². The van der Waals surface area contributed by atoms with Gasteiger partial charge in [-0.25, -0.2) is 0 Å². The van der Waals surface area contributed by atoms with Gasteiger partial charge >= 0.3 is 0 Å². The van der Waals surface area contributed by atoms with E-state index in [1.54, 1.807) is 12.3 Å². The lowest BCUT2D eigenvalue weighted by atomic mass is 10.0. The SMILES string of the molecule is OCC(CO)(CO)NCc1ccc(Cl)c2cccnc12. The summed E-state index contributed by atoms with van der Waals surface area (Å²) in [7, 11) is 0. The molecule has 2 aromatic rings. The number of aromatic nitrogens is 1. The highest BCUT2D eigenvalue weighted by Gasteiger charge is 2.27. The summed E-state index contributed by atoms with van der Waals surface area (Å²) in [5, 5.41) is 32.3. The van der Waals surface area contributed by atoms with Crippen LogP contribution < -0.4 is 5.32 Å². The number of hydrogen-bond donors (Lipinski definition) is 4. The quantitative estimate of drug-likeness (QED) is 0.630. The Labute approximate surface area is 121 Å². The monoisotopic (exact) mass is 296 g/mol. The molecule has 6 heteroatoms. The minimum Gasteiger partial charge on any atom is -0.394 e. The van der Waals surface area contributed by atoms with Crippen molar-refractivity contribution in [1.29, 1.82) is 0 Å². The van der Waals surface area contributed by atoms with Gasteiger partial charge in [-0.05, 0) is 23.8 Å². The topological polar surface area (TPSA) is 85.6 Å². The number of fused-ring (bicyclic) bond motifs is 1. The van der Waals surface area contributed by atoms with Gasteiger partial charge in [0.2, 0.25) is 0 Å². The molecule has 0 saturated heterocycles. The number of rotatable bonds is 6. The third-order valence-corrected chi connectivity index (χ3v) is 3.69. The molecule has 0 aliphatic heterocycles. The first kappa shape index (κ1) is 15.2. The van der Waals surface area contributed by atoms with Gasteiger partial charge in [0.1, 0.15) is 0 Å². The maximum absolute atomic E-state index is 9.29. The first-order valence-electron chi connectivity index (χ1n) is 6.25. The number of hydrogen-bond acceptors (Lipinski definition) is 5. The highest BCUT2D eigenvalue weighted by molar-refractivity contribution is 6.35. The Hall–Kier alpha value is -1.24. The van der Waals surface area contributed by atoms with E-state index in [1.807, 2.05) is 18.2 Å². The predicted molar refractivity (Wildman–Crippen MR) is 77.6 cm³/mol. The predicted octanol–water partition coefficient (Wildman–Crippen LogP) is 0.694. The third-order valence-electron chi connectivity index (χ3n) is 3.36. The van der Waals surface area contributed by atoms with Crippen LogP contribution in [0.2, 0.25) is 5.02 Å². The van der Waals surface area contributed by atoms with Crippen molar-refractivity contribution in [2.75, 3.05) is 19.8 Å². The zero-order valence-electron chi connectivity index (χ0n) is 10.9. The zero-order valence-corrected chi connectivity index (χ0v) is 11.6. The average molecular weight is 297 g/mol. The van der Waals surface area contributed by atoms with E-state index in [9.17, 15) is 15.3 Å². The normalized spacial score (nSPS) is 12.0. The van der Waals surface area contributed by atoms with Crippen LogP contribution in [0, 0.1) is 0 Å². The Morgan fingerprint density at radius 1 is 1.10 bits per heavy atom. The van der Waals surface area contributed by atoms with Gasteiger partial charge in [-0.3, -0.25) is 4.98 Å². The molecule has 0 aliphatic carbocycles. The number of halogens is 1. The Balaban J connectivity index is 2.29. The zero-order chi connectivity index (χ0) is 14.6. The first-order chi connectivity index (χ1) is 9.65. The summed E-state index contributed by atoms with van der Waals surface area (Å²) in [5.74, 6) is 0. The molecular formula is C14H17ClN2O3. The van der Waals surface area contributed by atoms with Gasteiger partial charge in [0.25, 0.3) is 0 Å². The van der Waals surface area contributed by atoms with Crippen LogP contribution in [0.3, 0.4) is 0 Å². The molecule has 108 valence electrons. The van der Waals surface area contributed by atoms with Crippen molar-refractivity contribution in [3.05, 3.63) is 41.0 Å². The Morgan fingerprint density at radius 2 is 1.80 bits per heavy atom. The molecule has 0 amide bonds. The number of nitrogens with one attached hydrogen (secondary N) is 1. The van der Waals surface area contributed by atoms with E-state index in [-0.39, 0.29) is 19.8 Å². The van der Waals surface area contributed by atoms with Crippen molar-refractivity contribution in [1.82, 2.24) is 10.3 Å². The maximum Gasteiger partial charge on any atom is 0.0884 e. The second-order valence-corrected chi connectivity index (χ2v) is 5.12. The van der Waals surface area contributed by atoms with Crippen molar-refractivity contribution in [2.45, 2.75) is 12.1 Å². The highest BCUT2D eigenvalue weighted by atomic mass is 35.5. The Kier molecular flexibility index (Phi) is 4.91. The van der Waals surface area contributed by atoms with E-state index >= 15 is 0 Å². The second-order valence-electron chi connectivity index (χ2n) is 4.71. The van der Waals surface area contributed by atoms with E-state index in [4.69, 9.17) is 11.6 Å². The molecule has 0 unspecified atom stereocenters. The molecular weight excluding hydrogens is 280 g/mol. The van der Waals surface area contributed by atoms with E-state index in [1.165, 1.54) is 0 Å². The van der Waals surface area contributed by atoms with Crippen LogP contribution in [0.4, 0.5) is 0 Å². The van der Waals surface area contributed by atoms with Gasteiger partial charge in [0, 0.05) is 23.2 Å². The van der Waals surface area contributed by atoms with Crippen molar-refractivity contribution in [2.24, 2.45) is 0 Å². The largest absolute Gasteiger partial charge is 0.394 e. The Bertz CT molecular complexity index is 579. The molecule has 0 aliphatic rings. The van der Waals surface area contributed by atoms with Gasteiger partial charge in [-0.15, -0.1) is 0 Å². The van der Waals surface area contributed by atoms with Crippen LogP contribution in [0.25, 0.3) is 10.9 Å². The molecule has 1 aromatic carbocycles. The van der Waals surface area contributed by atoms with Gasteiger partial charge in [0.05, 0.1) is 30.9 Å². The molecule has 1 heterocycles. The van der Waals surface area contributed by atoms with Crippen LogP contribution in [0.5, 0.6) is 0 Å². The third kappa shape index (κ3) is 2.92. The lowest BCUT2D eigenvalue weighted by Gasteiger charge is -2.29. The lowest BCUT2D eigenvalue weighted by Crippen LogP contribution is -2.54. The fraction of sp³-hybridized carbons (Fsp3) is 0.357. The van der Waals surface area contributed by atoms with Crippen LogP contribution in [0.15, 0.2) is 30.5 Å². The van der Waals surface area contributed by atoms with Crippen LogP contribution in [-0.2, 0) is 6.54 Å². The lowest BCUT2D eigenvalue weighted by molar-refractivity contribution is 0.0414. The second kappa shape index (κ2) is 6.47. The van der Waals surface area contributed by atoms with Gasteiger partial charge in [0.15, 0.2) is 0 Å². The van der Waals surface area contributed by atoms with Crippen LogP contribution >= 0.6 is 11.6 Å². The maximum atomic E-state index is 9.29. The fourth-order valence-electron chi connectivity index (χ4n) is 1.94. The molecule has 1 aromatic heterocycles. The molecule has 0 fully saturated rings.